The average Bonchev–Trinajstić information content (AvgIpc) is 2.26. The molecule has 2 N–H and O–H groups in total. The lowest BCUT2D eigenvalue weighted by Crippen LogP contribution is -2.34. The Morgan fingerprint density at radius 1 is 1.47 bits per heavy atom. The van der Waals surface area contributed by atoms with Crippen molar-refractivity contribution in [3.8, 4) is 0 Å². The van der Waals surface area contributed by atoms with Crippen molar-refractivity contribution in [1.82, 2.24) is 5.32 Å². The molecule has 1 amide bonds. The largest absolute Gasteiger partial charge is 0.396 e. The number of benzene rings is 1. The van der Waals surface area contributed by atoms with Gasteiger partial charge in [-0.2, -0.15) is 0 Å². The van der Waals surface area contributed by atoms with Crippen LogP contribution in [0, 0.1) is 5.41 Å². The Balaban J connectivity index is 2.56. The van der Waals surface area contributed by atoms with Crippen molar-refractivity contribution >= 4 is 17.5 Å². The molecule has 1 aromatic rings. The lowest BCUT2D eigenvalue weighted by Gasteiger charge is -2.23. The normalized spacial score (nSPS) is 11.3. The number of hydrogen-bond acceptors (Lipinski definition) is 2. The summed E-state index contributed by atoms with van der Waals surface area (Å²) in [5, 5.41) is 12.3. The fourth-order valence-electron chi connectivity index (χ4n) is 1.44. The van der Waals surface area contributed by atoms with Gasteiger partial charge >= 0.3 is 0 Å². The van der Waals surface area contributed by atoms with Crippen LogP contribution in [0.3, 0.4) is 0 Å². The zero-order valence-electron chi connectivity index (χ0n) is 10.2. The highest BCUT2D eigenvalue weighted by atomic mass is 35.5. The second-order valence-electron chi connectivity index (χ2n) is 4.83. The van der Waals surface area contributed by atoms with Crippen LogP contribution in [0.4, 0.5) is 0 Å². The van der Waals surface area contributed by atoms with Crippen molar-refractivity contribution in [3.05, 3.63) is 34.9 Å². The molecule has 3 nitrogen and oxygen atoms in total. The van der Waals surface area contributed by atoms with E-state index < -0.39 is 0 Å². The van der Waals surface area contributed by atoms with Crippen LogP contribution in [0.2, 0.25) is 5.02 Å². The van der Waals surface area contributed by atoms with Gasteiger partial charge in [-0.25, -0.2) is 0 Å². The molecule has 1 rings (SSSR count). The number of aliphatic hydroxyl groups is 1. The maximum atomic E-state index is 11.8. The summed E-state index contributed by atoms with van der Waals surface area (Å²) in [6, 6.07) is 6.83. The quantitative estimate of drug-likeness (QED) is 0.849. The molecule has 17 heavy (non-hydrogen) atoms. The zero-order chi connectivity index (χ0) is 12.9. The minimum Gasteiger partial charge on any atom is -0.396 e. The topological polar surface area (TPSA) is 49.3 Å². The van der Waals surface area contributed by atoms with E-state index in [0.29, 0.717) is 23.6 Å². The first-order valence-electron chi connectivity index (χ1n) is 5.59. The molecule has 0 unspecified atom stereocenters. The van der Waals surface area contributed by atoms with E-state index in [1.807, 2.05) is 13.8 Å². The summed E-state index contributed by atoms with van der Waals surface area (Å²) in [5.74, 6) is -0.140. The smallest absolute Gasteiger partial charge is 0.251 e. The van der Waals surface area contributed by atoms with Crippen molar-refractivity contribution in [1.29, 1.82) is 0 Å². The van der Waals surface area contributed by atoms with E-state index in [1.165, 1.54) is 0 Å². The molecule has 0 aliphatic heterocycles. The molecule has 0 radical (unpaired) electrons. The second kappa shape index (κ2) is 6.03. The maximum Gasteiger partial charge on any atom is 0.251 e. The van der Waals surface area contributed by atoms with Gasteiger partial charge < -0.3 is 10.4 Å². The van der Waals surface area contributed by atoms with Crippen LogP contribution >= 0.6 is 11.6 Å². The van der Waals surface area contributed by atoms with Crippen LogP contribution in [0.1, 0.15) is 30.6 Å². The fraction of sp³-hybridized carbons (Fsp3) is 0.462. The summed E-state index contributed by atoms with van der Waals surface area (Å²) < 4.78 is 0. The van der Waals surface area contributed by atoms with Gasteiger partial charge in [0.2, 0.25) is 0 Å². The standard InChI is InChI=1S/C13H18ClNO2/c1-13(2,6-7-16)9-15-12(17)10-4-3-5-11(14)8-10/h3-5,8,16H,6-7,9H2,1-2H3,(H,15,17). The molecule has 0 saturated carbocycles. The van der Waals surface area contributed by atoms with E-state index in [9.17, 15) is 4.79 Å². The molecule has 0 aromatic heterocycles. The first-order chi connectivity index (χ1) is 7.94. The van der Waals surface area contributed by atoms with Gasteiger partial charge in [0.1, 0.15) is 0 Å². The number of nitrogens with one attached hydrogen (secondary N) is 1. The van der Waals surface area contributed by atoms with Crippen LogP contribution < -0.4 is 5.32 Å². The van der Waals surface area contributed by atoms with Gasteiger partial charge in [0.15, 0.2) is 0 Å². The fourth-order valence-corrected chi connectivity index (χ4v) is 1.63. The Morgan fingerprint density at radius 3 is 2.76 bits per heavy atom. The molecule has 0 atom stereocenters. The Morgan fingerprint density at radius 2 is 2.18 bits per heavy atom. The van der Waals surface area contributed by atoms with Crippen LogP contribution in [-0.2, 0) is 0 Å². The Hall–Kier alpha value is -1.06. The van der Waals surface area contributed by atoms with Gasteiger partial charge in [-0.05, 0) is 30.0 Å². The zero-order valence-corrected chi connectivity index (χ0v) is 10.9. The number of carbonyl (C=O) groups excluding carboxylic acids is 1. The molecule has 1 aromatic carbocycles. The summed E-state index contributed by atoms with van der Waals surface area (Å²) in [4.78, 5) is 11.8. The minimum atomic E-state index is -0.140. The predicted molar refractivity (Wildman–Crippen MR) is 69.3 cm³/mol. The highest BCUT2D eigenvalue weighted by molar-refractivity contribution is 6.30. The molecule has 0 aliphatic carbocycles. The van der Waals surface area contributed by atoms with Crippen LogP contribution in [0.25, 0.3) is 0 Å². The summed E-state index contributed by atoms with van der Waals surface area (Å²) >= 11 is 5.82. The van der Waals surface area contributed by atoms with Gasteiger partial charge in [0, 0.05) is 23.7 Å². The number of amides is 1. The lowest BCUT2D eigenvalue weighted by atomic mass is 9.89. The molecule has 0 aliphatic rings. The predicted octanol–water partition coefficient (Wildman–Crippen LogP) is 2.48. The minimum absolute atomic E-state index is 0.108. The SMILES string of the molecule is CC(C)(CCO)CNC(=O)c1cccc(Cl)c1. The molecule has 4 heteroatoms. The van der Waals surface area contributed by atoms with Crippen molar-refractivity contribution < 1.29 is 9.90 Å². The summed E-state index contributed by atoms with van der Waals surface area (Å²) in [5.41, 5.74) is 0.445. The molecular weight excluding hydrogens is 238 g/mol. The van der Waals surface area contributed by atoms with Crippen molar-refractivity contribution in [2.24, 2.45) is 5.41 Å². The molecule has 0 fully saturated rings. The van der Waals surface area contributed by atoms with E-state index in [2.05, 4.69) is 5.32 Å². The molecule has 94 valence electrons. The van der Waals surface area contributed by atoms with Crippen molar-refractivity contribution in [2.75, 3.05) is 13.2 Å². The van der Waals surface area contributed by atoms with E-state index in [0.717, 1.165) is 0 Å². The Bertz CT molecular complexity index is 391. The highest BCUT2D eigenvalue weighted by Gasteiger charge is 2.18. The van der Waals surface area contributed by atoms with Crippen molar-refractivity contribution in [2.45, 2.75) is 20.3 Å². The van der Waals surface area contributed by atoms with Gasteiger partial charge in [-0.15, -0.1) is 0 Å². The molecule has 0 bridgehead atoms. The Kier molecular flexibility index (Phi) is 4.97. The summed E-state index contributed by atoms with van der Waals surface area (Å²) in [6.07, 6.45) is 0.656. The van der Waals surface area contributed by atoms with Crippen LogP contribution in [0.5, 0.6) is 0 Å². The molecular formula is C13H18ClNO2. The van der Waals surface area contributed by atoms with Crippen molar-refractivity contribution in [3.63, 3.8) is 0 Å². The maximum absolute atomic E-state index is 11.8. The number of hydrogen-bond donors (Lipinski definition) is 2. The number of halogens is 1. The van der Waals surface area contributed by atoms with Gasteiger partial charge in [-0.3, -0.25) is 4.79 Å². The van der Waals surface area contributed by atoms with E-state index in [1.54, 1.807) is 24.3 Å². The number of aliphatic hydroxyl groups excluding tert-OH is 1. The monoisotopic (exact) mass is 255 g/mol. The first kappa shape index (κ1) is 14.0. The number of rotatable bonds is 5. The average molecular weight is 256 g/mol. The Labute approximate surface area is 107 Å². The third kappa shape index (κ3) is 4.75. The first-order valence-corrected chi connectivity index (χ1v) is 5.97. The van der Waals surface area contributed by atoms with Gasteiger partial charge in [-0.1, -0.05) is 31.5 Å². The lowest BCUT2D eigenvalue weighted by molar-refractivity contribution is 0.0928. The third-order valence-corrected chi connectivity index (χ3v) is 2.84. The highest BCUT2D eigenvalue weighted by Crippen LogP contribution is 2.18. The summed E-state index contributed by atoms with van der Waals surface area (Å²) in [6.45, 7) is 4.65. The third-order valence-electron chi connectivity index (χ3n) is 2.60. The van der Waals surface area contributed by atoms with E-state index >= 15 is 0 Å². The number of carbonyl (C=O) groups is 1. The van der Waals surface area contributed by atoms with Crippen LogP contribution in [-0.4, -0.2) is 24.2 Å². The van der Waals surface area contributed by atoms with Gasteiger partial charge in [0.25, 0.3) is 5.91 Å². The second-order valence-corrected chi connectivity index (χ2v) is 5.27. The molecule has 0 saturated heterocycles. The van der Waals surface area contributed by atoms with E-state index in [4.69, 9.17) is 16.7 Å². The molecule has 0 heterocycles. The van der Waals surface area contributed by atoms with E-state index in [-0.39, 0.29) is 17.9 Å². The molecule has 0 spiro atoms. The summed E-state index contributed by atoms with van der Waals surface area (Å²) in [7, 11) is 0. The van der Waals surface area contributed by atoms with Crippen LogP contribution in [0.15, 0.2) is 24.3 Å². The van der Waals surface area contributed by atoms with Gasteiger partial charge in [0.05, 0.1) is 0 Å².